The van der Waals surface area contributed by atoms with E-state index >= 15 is 0 Å². The molecule has 0 aliphatic carbocycles. The second-order valence-electron chi connectivity index (χ2n) is 6.67. The molecule has 1 aromatic rings. The molecule has 3 N–H and O–H groups in total. The van der Waals surface area contributed by atoms with Crippen LogP contribution in [-0.2, 0) is 14.9 Å². The third-order valence-corrected chi connectivity index (χ3v) is 5.05. The number of rotatable bonds is 5. The molecule has 136 valence electrons. The van der Waals surface area contributed by atoms with Gasteiger partial charge in [0.1, 0.15) is 0 Å². The van der Waals surface area contributed by atoms with Gasteiger partial charge in [-0.25, -0.2) is 0 Å². The fourth-order valence-electron chi connectivity index (χ4n) is 2.95. The van der Waals surface area contributed by atoms with Crippen molar-refractivity contribution in [1.29, 1.82) is 0 Å². The summed E-state index contributed by atoms with van der Waals surface area (Å²) in [7, 11) is 0. The van der Waals surface area contributed by atoms with Crippen LogP contribution >= 0.6 is 35.6 Å². The Hall–Kier alpha value is -0.520. The van der Waals surface area contributed by atoms with Crippen LogP contribution < -0.4 is 11.1 Å². The Morgan fingerprint density at radius 2 is 1.88 bits per heavy atom. The van der Waals surface area contributed by atoms with E-state index in [9.17, 15) is 4.79 Å². The summed E-state index contributed by atoms with van der Waals surface area (Å²) < 4.78 is 5.31. The Morgan fingerprint density at radius 1 is 1.33 bits per heavy atom. The van der Waals surface area contributed by atoms with Crippen LogP contribution in [0.2, 0.25) is 10.0 Å². The van der Waals surface area contributed by atoms with Gasteiger partial charge in [0, 0.05) is 35.2 Å². The predicted molar refractivity (Wildman–Crippen MR) is 101 cm³/mol. The lowest BCUT2D eigenvalue weighted by atomic mass is 9.84. The molecule has 0 aromatic heterocycles. The van der Waals surface area contributed by atoms with E-state index in [0.717, 1.165) is 18.4 Å². The number of nitrogens with one attached hydrogen (secondary N) is 1. The lowest BCUT2D eigenvalue weighted by Gasteiger charge is -2.30. The maximum atomic E-state index is 12.3. The summed E-state index contributed by atoms with van der Waals surface area (Å²) in [6.45, 7) is 5.77. The van der Waals surface area contributed by atoms with Gasteiger partial charge in [-0.1, -0.05) is 43.1 Å². The SMILES string of the molecule is CC(C)(CNC(=O)C(N)C1CCOCC1)c1c(Cl)cccc1Cl.Cl. The van der Waals surface area contributed by atoms with Gasteiger partial charge in [0.05, 0.1) is 6.04 Å². The number of ether oxygens (including phenoxy) is 1. The monoisotopic (exact) mass is 394 g/mol. The van der Waals surface area contributed by atoms with E-state index in [1.807, 2.05) is 19.9 Å². The first-order valence-corrected chi connectivity index (χ1v) is 8.64. The first-order chi connectivity index (χ1) is 10.8. The molecule has 1 atom stereocenters. The third-order valence-electron chi connectivity index (χ3n) is 4.42. The Morgan fingerprint density at radius 3 is 2.42 bits per heavy atom. The van der Waals surface area contributed by atoms with Crippen molar-refractivity contribution in [3.63, 3.8) is 0 Å². The second kappa shape index (κ2) is 9.25. The van der Waals surface area contributed by atoms with Gasteiger partial charge in [-0.2, -0.15) is 0 Å². The molecule has 1 aromatic carbocycles. The molecule has 1 heterocycles. The number of hydrogen-bond acceptors (Lipinski definition) is 3. The molecule has 0 bridgehead atoms. The summed E-state index contributed by atoms with van der Waals surface area (Å²) in [5.41, 5.74) is 6.55. The molecule has 0 radical (unpaired) electrons. The molecule has 4 nitrogen and oxygen atoms in total. The summed E-state index contributed by atoms with van der Waals surface area (Å²) in [6, 6.07) is 4.92. The molecule has 1 saturated heterocycles. The molecule has 0 saturated carbocycles. The van der Waals surface area contributed by atoms with Crippen molar-refractivity contribution in [2.75, 3.05) is 19.8 Å². The Labute approximate surface area is 159 Å². The highest BCUT2D eigenvalue weighted by Gasteiger charge is 2.30. The summed E-state index contributed by atoms with van der Waals surface area (Å²) in [5.74, 6) is 0.0453. The quantitative estimate of drug-likeness (QED) is 0.801. The molecule has 2 rings (SSSR count). The zero-order valence-electron chi connectivity index (χ0n) is 14.0. The smallest absolute Gasteiger partial charge is 0.237 e. The highest BCUT2D eigenvalue weighted by atomic mass is 35.5. The molecular weight excluding hydrogens is 371 g/mol. The number of halogens is 3. The average molecular weight is 396 g/mol. The largest absolute Gasteiger partial charge is 0.381 e. The first kappa shape index (κ1) is 21.5. The number of hydrogen-bond donors (Lipinski definition) is 2. The van der Waals surface area contributed by atoms with Crippen LogP contribution in [0.5, 0.6) is 0 Å². The lowest BCUT2D eigenvalue weighted by molar-refractivity contribution is -0.124. The van der Waals surface area contributed by atoms with E-state index in [2.05, 4.69) is 5.32 Å². The standard InChI is InChI=1S/C17H24Cl2N2O2.ClH/c1-17(2,14-12(18)4-3-5-13(14)19)10-21-16(22)15(20)11-6-8-23-9-7-11;/h3-5,11,15H,6-10,20H2,1-2H3,(H,21,22);1H. The molecule has 7 heteroatoms. The number of amides is 1. The van der Waals surface area contributed by atoms with Crippen molar-refractivity contribution >= 4 is 41.5 Å². The number of carbonyl (C=O) groups excluding carboxylic acids is 1. The lowest BCUT2D eigenvalue weighted by Crippen LogP contribution is -2.49. The Balaban J connectivity index is 0.00000288. The summed E-state index contributed by atoms with van der Waals surface area (Å²) >= 11 is 12.6. The molecule has 0 spiro atoms. The van der Waals surface area contributed by atoms with Crippen molar-refractivity contribution < 1.29 is 9.53 Å². The summed E-state index contributed by atoms with van der Waals surface area (Å²) in [4.78, 5) is 12.3. The maximum absolute atomic E-state index is 12.3. The van der Waals surface area contributed by atoms with Crippen molar-refractivity contribution in [3.8, 4) is 0 Å². The fraction of sp³-hybridized carbons (Fsp3) is 0.588. The summed E-state index contributed by atoms with van der Waals surface area (Å²) in [6.07, 6.45) is 1.66. The second-order valence-corrected chi connectivity index (χ2v) is 7.49. The van der Waals surface area contributed by atoms with Gasteiger partial charge in [0.15, 0.2) is 0 Å². The van der Waals surface area contributed by atoms with Gasteiger partial charge in [-0.15, -0.1) is 12.4 Å². The Bertz CT molecular complexity index is 541. The predicted octanol–water partition coefficient (Wildman–Crippen LogP) is 3.56. The molecule has 24 heavy (non-hydrogen) atoms. The van der Waals surface area contributed by atoms with Gasteiger partial charge in [0.25, 0.3) is 0 Å². The topological polar surface area (TPSA) is 64.4 Å². The zero-order chi connectivity index (χ0) is 17.0. The van der Waals surface area contributed by atoms with Gasteiger partial charge in [0.2, 0.25) is 5.91 Å². The van der Waals surface area contributed by atoms with E-state index in [1.54, 1.807) is 12.1 Å². The summed E-state index contributed by atoms with van der Waals surface area (Å²) in [5, 5.41) is 4.16. The van der Waals surface area contributed by atoms with E-state index in [1.165, 1.54) is 0 Å². The van der Waals surface area contributed by atoms with Crippen LogP contribution in [-0.4, -0.2) is 31.7 Å². The molecule has 1 aliphatic heterocycles. The molecule has 1 amide bonds. The zero-order valence-corrected chi connectivity index (χ0v) is 16.3. The van der Waals surface area contributed by atoms with Gasteiger partial charge in [-0.3, -0.25) is 4.79 Å². The molecule has 1 unspecified atom stereocenters. The minimum atomic E-state index is -0.503. The molecule has 1 aliphatic rings. The molecular formula is C17H25Cl3N2O2. The fourth-order valence-corrected chi connectivity index (χ4v) is 3.86. The molecule has 1 fully saturated rings. The van der Waals surface area contributed by atoms with Crippen LogP contribution in [0.4, 0.5) is 0 Å². The first-order valence-electron chi connectivity index (χ1n) is 7.88. The third kappa shape index (κ3) is 5.24. The van der Waals surface area contributed by atoms with Crippen LogP contribution in [0.1, 0.15) is 32.3 Å². The van der Waals surface area contributed by atoms with E-state index < -0.39 is 6.04 Å². The number of carbonyl (C=O) groups is 1. The van der Waals surface area contributed by atoms with Crippen molar-refractivity contribution in [2.24, 2.45) is 11.7 Å². The van der Waals surface area contributed by atoms with Crippen molar-refractivity contribution in [1.82, 2.24) is 5.32 Å². The van der Waals surface area contributed by atoms with Gasteiger partial charge < -0.3 is 15.8 Å². The highest BCUT2D eigenvalue weighted by molar-refractivity contribution is 6.36. The minimum absolute atomic E-state index is 0. The van der Waals surface area contributed by atoms with Gasteiger partial charge in [-0.05, 0) is 36.5 Å². The van der Waals surface area contributed by atoms with E-state index in [-0.39, 0.29) is 29.6 Å². The number of nitrogens with two attached hydrogens (primary N) is 1. The van der Waals surface area contributed by atoms with E-state index in [0.29, 0.717) is 29.8 Å². The average Bonchev–Trinajstić information content (AvgIpc) is 2.52. The van der Waals surface area contributed by atoms with Gasteiger partial charge >= 0.3 is 0 Å². The van der Waals surface area contributed by atoms with E-state index in [4.69, 9.17) is 33.7 Å². The van der Waals surface area contributed by atoms with Crippen molar-refractivity contribution in [2.45, 2.75) is 38.1 Å². The van der Waals surface area contributed by atoms with Crippen LogP contribution in [0, 0.1) is 5.92 Å². The van der Waals surface area contributed by atoms with Crippen LogP contribution in [0.25, 0.3) is 0 Å². The van der Waals surface area contributed by atoms with Crippen LogP contribution in [0.3, 0.4) is 0 Å². The highest BCUT2D eigenvalue weighted by Crippen LogP contribution is 2.35. The minimum Gasteiger partial charge on any atom is -0.381 e. The van der Waals surface area contributed by atoms with Crippen LogP contribution in [0.15, 0.2) is 18.2 Å². The maximum Gasteiger partial charge on any atom is 0.237 e. The van der Waals surface area contributed by atoms with Crippen molar-refractivity contribution in [3.05, 3.63) is 33.8 Å². The Kier molecular flexibility index (Phi) is 8.30. The number of benzene rings is 1. The normalized spacial score (nSPS) is 17.0.